The van der Waals surface area contributed by atoms with Crippen LogP contribution in [-0.2, 0) is 0 Å². The quantitative estimate of drug-likeness (QED) is 0.531. The zero-order chi connectivity index (χ0) is 20.1. The Morgan fingerprint density at radius 2 is 1.93 bits per heavy atom. The summed E-state index contributed by atoms with van der Waals surface area (Å²) >= 11 is 0. The van der Waals surface area contributed by atoms with Crippen LogP contribution in [0.15, 0.2) is 52.1 Å². The van der Waals surface area contributed by atoms with Crippen molar-refractivity contribution < 1.29 is 4.42 Å². The molecule has 3 aromatic heterocycles. The van der Waals surface area contributed by atoms with E-state index >= 15 is 0 Å². The van der Waals surface area contributed by atoms with Crippen molar-refractivity contribution in [3.8, 4) is 11.3 Å². The number of imidazole rings is 1. The molecule has 1 N–H and O–H groups in total. The first-order valence-electron chi connectivity index (χ1n) is 9.87. The third kappa shape index (κ3) is 3.27. The molecule has 0 spiro atoms. The predicted molar refractivity (Wildman–Crippen MR) is 113 cm³/mol. The van der Waals surface area contributed by atoms with Gasteiger partial charge in [-0.1, -0.05) is 0 Å². The Labute approximate surface area is 168 Å². The number of aryl methyl sites for hydroxylation is 1. The van der Waals surface area contributed by atoms with Gasteiger partial charge < -0.3 is 14.6 Å². The summed E-state index contributed by atoms with van der Waals surface area (Å²) in [4.78, 5) is 23.8. The molecule has 1 aromatic carbocycles. The molecule has 148 valence electrons. The molecule has 0 saturated carbocycles. The molecular weight excluding hydrogens is 366 g/mol. The summed E-state index contributed by atoms with van der Waals surface area (Å²) in [6, 6.07) is 8.73. The molecule has 29 heavy (non-hydrogen) atoms. The smallest absolute Gasteiger partial charge is 0.345 e. The number of piperazine rings is 1. The van der Waals surface area contributed by atoms with Gasteiger partial charge in [0.15, 0.2) is 0 Å². The van der Waals surface area contributed by atoms with Crippen molar-refractivity contribution >= 4 is 22.4 Å². The molecule has 7 heteroatoms. The van der Waals surface area contributed by atoms with Crippen molar-refractivity contribution in [2.75, 3.05) is 18.0 Å². The predicted octanol–water partition coefficient (Wildman–Crippen LogP) is 3.00. The Balaban J connectivity index is 1.55. The molecule has 2 unspecified atom stereocenters. The Hall–Kier alpha value is -3.19. The summed E-state index contributed by atoms with van der Waals surface area (Å²) < 4.78 is 7.51. The zero-order valence-electron chi connectivity index (χ0n) is 16.7. The van der Waals surface area contributed by atoms with Gasteiger partial charge in [-0.25, -0.2) is 14.8 Å². The Morgan fingerprint density at radius 1 is 1.14 bits per heavy atom. The summed E-state index contributed by atoms with van der Waals surface area (Å²) in [5, 5.41) is 4.41. The van der Waals surface area contributed by atoms with Gasteiger partial charge >= 0.3 is 5.63 Å². The minimum atomic E-state index is -0.392. The summed E-state index contributed by atoms with van der Waals surface area (Å²) in [5.41, 5.74) is 3.30. The summed E-state index contributed by atoms with van der Waals surface area (Å²) in [7, 11) is 0. The lowest BCUT2D eigenvalue weighted by molar-refractivity contribution is 0.407. The molecule has 0 bridgehead atoms. The van der Waals surface area contributed by atoms with Gasteiger partial charge in [0.25, 0.3) is 0 Å². The third-order valence-electron chi connectivity index (χ3n) is 5.36. The minimum Gasteiger partial charge on any atom is -0.422 e. The molecular formula is C22H23N5O2. The van der Waals surface area contributed by atoms with Gasteiger partial charge in [0.1, 0.15) is 5.58 Å². The van der Waals surface area contributed by atoms with Crippen LogP contribution in [0.1, 0.15) is 19.4 Å². The number of anilines is 1. The number of benzene rings is 1. The van der Waals surface area contributed by atoms with Crippen LogP contribution in [-0.4, -0.2) is 39.5 Å². The second-order valence-corrected chi connectivity index (χ2v) is 8.01. The molecule has 7 nitrogen and oxygen atoms in total. The lowest BCUT2D eigenvalue weighted by atomic mass is 10.1. The molecule has 1 aliphatic rings. The second kappa shape index (κ2) is 6.70. The first-order chi connectivity index (χ1) is 14.0. The fourth-order valence-corrected chi connectivity index (χ4v) is 4.13. The fourth-order valence-electron chi connectivity index (χ4n) is 4.13. The molecule has 0 aliphatic carbocycles. The highest BCUT2D eigenvalue weighted by molar-refractivity contribution is 5.84. The van der Waals surface area contributed by atoms with Crippen LogP contribution >= 0.6 is 0 Å². The second-order valence-electron chi connectivity index (χ2n) is 8.01. The van der Waals surface area contributed by atoms with E-state index in [-0.39, 0.29) is 0 Å². The van der Waals surface area contributed by atoms with Crippen LogP contribution in [0.5, 0.6) is 0 Å². The number of fused-ring (bicyclic) bond motifs is 2. The monoisotopic (exact) mass is 389 g/mol. The van der Waals surface area contributed by atoms with Crippen molar-refractivity contribution in [2.45, 2.75) is 32.9 Å². The van der Waals surface area contributed by atoms with Gasteiger partial charge in [-0.15, -0.1) is 0 Å². The van der Waals surface area contributed by atoms with Crippen molar-refractivity contribution in [1.29, 1.82) is 0 Å². The summed E-state index contributed by atoms with van der Waals surface area (Å²) in [5.74, 6) is 0.558. The number of nitrogens with one attached hydrogen (secondary N) is 1. The average Bonchev–Trinajstić information content (AvgIpc) is 3.09. The van der Waals surface area contributed by atoms with E-state index in [0.29, 0.717) is 34.7 Å². The standard InChI is InChI=1S/C22H23N5O2/c1-13-8-23-22-25-19(12-27(22)9-13)18-6-16-4-5-17(7-20(16)29-21(18)28)26-10-14(2)24-15(3)11-26/h4-9,12,14-15,24H,10-11H2,1-3H3. The molecule has 4 heterocycles. The Kier molecular flexibility index (Phi) is 4.13. The van der Waals surface area contributed by atoms with Gasteiger partial charge in [-0.05, 0) is 44.5 Å². The third-order valence-corrected chi connectivity index (χ3v) is 5.36. The fraction of sp³-hybridized carbons (Fsp3) is 0.318. The molecule has 4 aromatic rings. The minimum absolute atomic E-state index is 0.392. The van der Waals surface area contributed by atoms with Crippen molar-refractivity contribution in [1.82, 2.24) is 19.7 Å². The number of nitrogens with zero attached hydrogens (tertiary/aromatic N) is 4. The molecule has 0 amide bonds. The first kappa shape index (κ1) is 17.9. The lowest BCUT2D eigenvalue weighted by Gasteiger charge is -2.37. The first-order valence-corrected chi connectivity index (χ1v) is 9.87. The summed E-state index contributed by atoms with van der Waals surface area (Å²) in [6.07, 6.45) is 5.50. The van der Waals surface area contributed by atoms with Crippen molar-refractivity contribution in [3.05, 3.63) is 58.8 Å². The normalized spacial score (nSPS) is 19.9. The van der Waals surface area contributed by atoms with Crippen molar-refractivity contribution in [3.63, 3.8) is 0 Å². The van der Waals surface area contributed by atoms with Crippen LogP contribution in [0.2, 0.25) is 0 Å². The Bertz CT molecular complexity index is 1270. The van der Waals surface area contributed by atoms with E-state index in [1.165, 1.54) is 0 Å². The van der Waals surface area contributed by atoms with E-state index in [1.807, 2.05) is 41.9 Å². The molecule has 1 aliphatic heterocycles. The van der Waals surface area contributed by atoms with Gasteiger partial charge in [-0.3, -0.25) is 4.40 Å². The van der Waals surface area contributed by atoms with Gasteiger partial charge in [0.2, 0.25) is 5.78 Å². The lowest BCUT2D eigenvalue weighted by Crippen LogP contribution is -2.54. The van der Waals surface area contributed by atoms with Crippen LogP contribution < -0.4 is 15.8 Å². The van der Waals surface area contributed by atoms with Gasteiger partial charge in [0, 0.05) is 60.9 Å². The van der Waals surface area contributed by atoms with Crippen LogP contribution in [0.25, 0.3) is 28.0 Å². The topological polar surface area (TPSA) is 75.7 Å². The average molecular weight is 389 g/mol. The number of aromatic nitrogens is 3. The van der Waals surface area contributed by atoms with Crippen LogP contribution in [0, 0.1) is 6.92 Å². The van der Waals surface area contributed by atoms with Crippen LogP contribution in [0.4, 0.5) is 5.69 Å². The molecule has 1 saturated heterocycles. The van der Waals surface area contributed by atoms with Gasteiger partial charge in [0.05, 0.1) is 11.3 Å². The zero-order valence-corrected chi connectivity index (χ0v) is 16.7. The van der Waals surface area contributed by atoms with E-state index in [4.69, 9.17) is 4.42 Å². The van der Waals surface area contributed by atoms with Crippen LogP contribution in [0.3, 0.4) is 0 Å². The Morgan fingerprint density at radius 3 is 2.72 bits per heavy atom. The maximum Gasteiger partial charge on any atom is 0.345 e. The molecule has 5 rings (SSSR count). The SMILES string of the molecule is Cc1cnc2nc(-c3cc4ccc(N5CC(C)NC(C)C5)cc4oc3=O)cn2c1. The van der Waals surface area contributed by atoms with E-state index in [9.17, 15) is 4.79 Å². The van der Waals surface area contributed by atoms with E-state index in [1.54, 1.807) is 6.20 Å². The maximum absolute atomic E-state index is 12.7. The highest BCUT2D eigenvalue weighted by Gasteiger charge is 2.21. The highest BCUT2D eigenvalue weighted by Crippen LogP contribution is 2.26. The number of rotatable bonds is 2. The van der Waals surface area contributed by atoms with Crippen molar-refractivity contribution in [2.24, 2.45) is 0 Å². The maximum atomic E-state index is 12.7. The molecule has 0 radical (unpaired) electrons. The largest absolute Gasteiger partial charge is 0.422 e. The number of hydrogen-bond donors (Lipinski definition) is 1. The van der Waals surface area contributed by atoms with E-state index in [2.05, 4.69) is 40.1 Å². The molecule has 1 fully saturated rings. The summed E-state index contributed by atoms with van der Waals surface area (Å²) in [6.45, 7) is 8.17. The molecule has 2 atom stereocenters. The van der Waals surface area contributed by atoms with E-state index < -0.39 is 5.63 Å². The van der Waals surface area contributed by atoms with E-state index in [0.717, 1.165) is 29.7 Å². The highest BCUT2D eigenvalue weighted by atomic mass is 16.4. The number of hydrogen-bond acceptors (Lipinski definition) is 6. The van der Waals surface area contributed by atoms with Gasteiger partial charge in [-0.2, -0.15) is 0 Å².